The van der Waals surface area contributed by atoms with E-state index in [0.717, 1.165) is 32.5 Å². The van der Waals surface area contributed by atoms with Gasteiger partial charge >= 0.3 is 0 Å². The molecular formula is C13H16BrN3O2S. The second-order valence-electron chi connectivity index (χ2n) is 4.18. The number of benzene rings is 1. The molecule has 0 saturated heterocycles. The molecule has 2 aromatic rings. The quantitative estimate of drug-likeness (QED) is 0.769. The first-order valence-electron chi connectivity index (χ1n) is 5.96. The number of aromatic nitrogens is 3. The fourth-order valence-corrected chi connectivity index (χ4v) is 3.26. The zero-order chi connectivity index (χ0) is 14.7. The van der Waals surface area contributed by atoms with Crippen molar-refractivity contribution in [3.63, 3.8) is 0 Å². The van der Waals surface area contributed by atoms with Gasteiger partial charge in [-0.2, -0.15) is 0 Å². The Morgan fingerprint density at radius 2 is 1.85 bits per heavy atom. The van der Waals surface area contributed by atoms with E-state index in [4.69, 9.17) is 9.47 Å². The van der Waals surface area contributed by atoms with Crippen LogP contribution in [0.3, 0.4) is 0 Å². The smallest absolute Gasteiger partial charge is 0.191 e. The summed E-state index contributed by atoms with van der Waals surface area (Å²) >= 11 is 5.19. The number of halogens is 1. The van der Waals surface area contributed by atoms with Gasteiger partial charge in [0.2, 0.25) is 0 Å². The minimum absolute atomic E-state index is 0.711. The molecule has 0 radical (unpaired) electrons. The highest BCUT2D eigenvalue weighted by atomic mass is 79.9. The van der Waals surface area contributed by atoms with Gasteiger partial charge in [-0.3, -0.25) is 0 Å². The summed E-state index contributed by atoms with van der Waals surface area (Å²) in [5.41, 5.74) is 1.12. The molecule has 0 N–H and O–H groups in total. The van der Waals surface area contributed by atoms with Gasteiger partial charge in [0.05, 0.1) is 14.2 Å². The number of hydrogen-bond acceptors (Lipinski definition) is 5. The van der Waals surface area contributed by atoms with Crippen LogP contribution in [-0.2, 0) is 12.8 Å². The minimum Gasteiger partial charge on any atom is -0.493 e. The van der Waals surface area contributed by atoms with Crippen molar-refractivity contribution < 1.29 is 9.47 Å². The number of ether oxygens (including phenoxy) is 2. The summed E-state index contributed by atoms with van der Waals surface area (Å²) in [6, 6.07) is 3.88. The molecule has 0 atom stereocenters. The lowest BCUT2D eigenvalue weighted by atomic mass is 10.2. The average Bonchev–Trinajstić information content (AvgIpc) is 2.77. The fourth-order valence-electron chi connectivity index (χ4n) is 1.66. The van der Waals surface area contributed by atoms with Crippen molar-refractivity contribution in [2.75, 3.05) is 14.2 Å². The van der Waals surface area contributed by atoms with E-state index in [0.29, 0.717) is 5.75 Å². The number of nitrogens with zero attached hydrogens (tertiary/aromatic N) is 3. The summed E-state index contributed by atoms with van der Waals surface area (Å²) in [4.78, 5) is 0. The number of methoxy groups -OCH3 is 2. The third-order valence-corrected chi connectivity index (χ3v) is 4.77. The summed E-state index contributed by atoms with van der Waals surface area (Å²) in [6.45, 7) is 1.93. The molecule has 7 heteroatoms. The van der Waals surface area contributed by atoms with Gasteiger partial charge < -0.3 is 14.0 Å². The van der Waals surface area contributed by atoms with Crippen LogP contribution in [0, 0.1) is 6.92 Å². The highest BCUT2D eigenvalue weighted by molar-refractivity contribution is 9.10. The molecule has 0 spiro atoms. The molecule has 5 nitrogen and oxygen atoms in total. The van der Waals surface area contributed by atoms with E-state index in [1.807, 2.05) is 30.7 Å². The maximum absolute atomic E-state index is 5.32. The maximum Gasteiger partial charge on any atom is 0.191 e. The molecule has 1 aromatic carbocycles. The van der Waals surface area contributed by atoms with E-state index < -0.39 is 0 Å². The first-order chi connectivity index (χ1) is 9.56. The number of hydrogen-bond donors (Lipinski definition) is 0. The molecule has 0 amide bonds. The van der Waals surface area contributed by atoms with E-state index in [9.17, 15) is 0 Å². The first-order valence-corrected chi connectivity index (χ1v) is 7.74. The largest absolute Gasteiger partial charge is 0.493 e. The summed E-state index contributed by atoms with van der Waals surface area (Å²) in [7, 11) is 5.22. The molecule has 20 heavy (non-hydrogen) atoms. The Hall–Kier alpha value is -1.21. The Balaban J connectivity index is 2.19. The van der Waals surface area contributed by atoms with Crippen LogP contribution in [0.4, 0.5) is 0 Å². The summed E-state index contributed by atoms with van der Waals surface area (Å²) in [6.07, 6.45) is 0. The van der Waals surface area contributed by atoms with E-state index >= 15 is 0 Å². The van der Waals surface area contributed by atoms with Gasteiger partial charge in [0.25, 0.3) is 0 Å². The van der Waals surface area contributed by atoms with Gasteiger partial charge in [-0.25, -0.2) is 0 Å². The van der Waals surface area contributed by atoms with Crippen LogP contribution >= 0.6 is 27.7 Å². The molecule has 0 saturated carbocycles. The SMILES string of the molecule is COc1cc(Br)c(CSc2nnc(C)n2C)cc1OC. The lowest BCUT2D eigenvalue weighted by molar-refractivity contribution is 0.354. The third kappa shape index (κ3) is 3.09. The lowest BCUT2D eigenvalue weighted by Gasteiger charge is -2.11. The number of rotatable bonds is 5. The van der Waals surface area contributed by atoms with Crippen LogP contribution in [-0.4, -0.2) is 29.0 Å². The Labute approximate surface area is 130 Å². The monoisotopic (exact) mass is 357 g/mol. The molecule has 0 fully saturated rings. The van der Waals surface area contributed by atoms with Crippen LogP contribution in [0.2, 0.25) is 0 Å². The standard InChI is InChI=1S/C13H16BrN3O2S/c1-8-15-16-13(17(8)2)20-7-9-5-11(18-3)12(19-4)6-10(9)14/h5-6H,7H2,1-4H3. The molecule has 0 aliphatic rings. The predicted molar refractivity (Wildman–Crippen MR) is 82.5 cm³/mol. The summed E-state index contributed by atoms with van der Waals surface area (Å²) in [5, 5.41) is 9.08. The number of thioether (sulfide) groups is 1. The topological polar surface area (TPSA) is 49.2 Å². The van der Waals surface area contributed by atoms with E-state index in [1.54, 1.807) is 26.0 Å². The first kappa shape index (κ1) is 15.2. The lowest BCUT2D eigenvalue weighted by Crippen LogP contribution is -1.96. The second kappa shape index (κ2) is 6.49. The molecule has 0 bridgehead atoms. The van der Waals surface area contributed by atoms with Gasteiger partial charge in [0.15, 0.2) is 16.7 Å². The molecule has 0 aliphatic carbocycles. The van der Waals surface area contributed by atoms with Gasteiger partial charge in [-0.05, 0) is 24.6 Å². The van der Waals surface area contributed by atoms with Crippen LogP contribution in [0.25, 0.3) is 0 Å². The van der Waals surface area contributed by atoms with Crippen molar-refractivity contribution in [2.45, 2.75) is 17.8 Å². The summed E-state index contributed by atoms with van der Waals surface area (Å²) in [5.74, 6) is 3.11. The molecule has 1 heterocycles. The summed E-state index contributed by atoms with van der Waals surface area (Å²) < 4.78 is 13.6. The molecule has 2 rings (SSSR count). The van der Waals surface area contributed by atoms with Gasteiger partial charge in [-0.15, -0.1) is 10.2 Å². The van der Waals surface area contributed by atoms with Crippen molar-refractivity contribution in [2.24, 2.45) is 7.05 Å². The molecule has 1 aromatic heterocycles. The highest BCUT2D eigenvalue weighted by Crippen LogP contribution is 2.35. The Bertz CT molecular complexity index is 616. The van der Waals surface area contributed by atoms with E-state index in [1.165, 1.54) is 0 Å². The molecular weight excluding hydrogens is 342 g/mol. The third-order valence-electron chi connectivity index (χ3n) is 2.96. The van der Waals surface area contributed by atoms with Crippen LogP contribution in [0.1, 0.15) is 11.4 Å². The fraction of sp³-hybridized carbons (Fsp3) is 0.385. The predicted octanol–water partition coefficient (Wildman–Crippen LogP) is 3.20. The van der Waals surface area contributed by atoms with Crippen molar-refractivity contribution in [3.8, 4) is 11.5 Å². The average molecular weight is 358 g/mol. The molecule has 108 valence electrons. The highest BCUT2D eigenvalue weighted by Gasteiger charge is 2.12. The Kier molecular flexibility index (Phi) is 4.93. The minimum atomic E-state index is 0.711. The van der Waals surface area contributed by atoms with Gasteiger partial charge in [0, 0.05) is 17.3 Å². The van der Waals surface area contributed by atoms with E-state index in [-0.39, 0.29) is 0 Å². The normalized spacial score (nSPS) is 10.7. The maximum atomic E-state index is 5.32. The number of aryl methyl sites for hydroxylation is 1. The Morgan fingerprint density at radius 1 is 1.20 bits per heavy atom. The second-order valence-corrected chi connectivity index (χ2v) is 5.97. The Morgan fingerprint density at radius 3 is 2.40 bits per heavy atom. The molecule has 0 unspecified atom stereocenters. The van der Waals surface area contributed by atoms with Crippen LogP contribution in [0.15, 0.2) is 21.8 Å². The van der Waals surface area contributed by atoms with Crippen LogP contribution in [0.5, 0.6) is 11.5 Å². The zero-order valence-electron chi connectivity index (χ0n) is 11.8. The van der Waals surface area contributed by atoms with Crippen molar-refractivity contribution in [3.05, 3.63) is 28.0 Å². The van der Waals surface area contributed by atoms with Crippen LogP contribution < -0.4 is 9.47 Å². The van der Waals surface area contributed by atoms with Crippen molar-refractivity contribution >= 4 is 27.7 Å². The van der Waals surface area contributed by atoms with Gasteiger partial charge in [0.1, 0.15) is 5.82 Å². The van der Waals surface area contributed by atoms with E-state index in [2.05, 4.69) is 26.1 Å². The zero-order valence-corrected chi connectivity index (χ0v) is 14.2. The van der Waals surface area contributed by atoms with Crippen molar-refractivity contribution in [1.29, 1.82) is 0 Å². The van der Waals surface area contributed by atoms with Crippen molar-refractivity contribution in [1.82, 2.24) is 14.8 Å². The molecule has 0 aliphatic heterocycles. The van der Waals surface area contributed by atoms with Gasteiger partial charge in [-0.1, -0.05) is 27.7 Å².